The lowest BCUT2D eigenvalue weighted by molar-refractivity contribution is -0.128. The number of amides is 2. The maximum Gasteiger partial charge on any atom is 0.243 e. The van der Waals surface area contributed by atoms with Crippen molar-refractivity contribution < 1.29 is 9.59 Å². The first-order chi connectivity index (χ1) is 9.66. The zero-order valence-electron chi connectivity index (χ0n) is 11.3. The van der Waals surface area contributed by atoms with Crippen LogP contribution in [0.3, 0.4) is 0 Å². The van der Waals surface area contributed by atoms with Crippen molar-refractivity contribution >= 4 is 33.4 Å². The van der Waals surface area contributed by atoms with E-state index in [4.69, 9.17) is 0 Å². The SMILES string of the molecule is O=C(CNC(=O)C1CCCCC1)Nc1ccccc1Br. The molecule has 0 bridgehead atoms. The zero-order valence-corrected chi connectivity index (χ0v) is 12.9. The molecule has 0 aromatic heterocycles. The van der Waals surface area contributed by atoms with Crippen LogP contribution in [0, 0.1) is 5.92 Å². The molecule has 4 nitrogen and oxygen atoms in total. The highest BCUT2D eigenvalue weighted by Crippen LogP contribution is 2.23. The number of nitrogens with one attached hydrogen (secondary N) is 2. The highest BCUT2D eigenvalue weighted by Gasteiger charge is 2.21. The Hall–Kier alpha value is -1.36. The van der Waals surface area contributed by atoms with Crippen LogP contribution in [-0.2, 0) is 9.59 Å². The van der Waals surface area contributed by atoms with E-state index in [9.17, 15) is 9.59 Å². The predicted molar refractivity (Wildman–Crippen MR) is 82.4 cm³/mol. The minimum Gasteiger partial charge on any atom is -0.347 e. The summed E-state index contributed by atoms with van der Waals surface area (Å²) in [4.78, 5) is 23.7. The summed E-state index contributed by atoms with van der Waals surface area (Å²) in [6, 6.07) is 7.40. The lowest BCUT2D eigenvalue weighted by atomic mass is 9.89. The first-order valence-corrected chi connectivity index (χ1v) is 7.78. The van der Waals surface area contributed by atoms with Gasteiger partial charge in [0.1, 0.15) is 0 Å². The predicted octanol–water partition coefficient (Wildman–Crippen LogP) is 3.08. The molecular formula is C15H19BrN2O2. The Labute approximate surface area is 127 Å². The van der Waals surface area contributed by atoms with Gasteiger partial charge in [0.15, 0.2) is 0 Å². The van der Waals surface area contributed by atoms with Crippen molar-refractivity contribution in [1.82, 2.24) is 5.32 Å². The van der Waals surface area contributed by atoms with Crippen LogP contribution in [0.1, 0.15) is 32.1 Å². The van der Waals surface area contributed by atoms with Crippen molar-refractivity contribution in [2.75, 3.05) is 11.9 Å². The van der Waals surface area contributed by atoms with E-state index in [1.165, 1.54) is 6.42 Å². The summed E-state index contributed by atoms with van der Waals surface area (Å²) in [5.74, 6) is -0.118. The molecule has 0 radical (unpaired) electrons. The molecule has 0 unspecified atom stereocenters. The third-order valence-corrected chi connectivity index (χ3v) is 4.24. The Bertz CT molecular complexity index is 485. The third kappa shape index (κ3) is 4.34. The standard InChI is InChI=1S/C15H19BrN2O2/c16-12-8-4-5-9-13(12)18-14(19)10-17-15(20)11-6-2-1-3-7-11/h4-5,8-9,11H,1-3,6-7,10H2,(H,17,20)(H,18,19). The summed E-state index contributed by atoms with van der Waals surface area (Å²) in [5, 5.41) is 5.49. The molecule has 1 aliphatic rings. The van der Waals surface area contributed by atoms with Gasteiger partial charge in [0, 0.05) is 10.4 Å². The smallest absolute Gasteiger partial charge is 0.243 e. The van der Waals surface area contributed by atoms with E-state index in [0.717, 1.165) is 30.2 Å². The normalized spacial score (nSPS) is 15.7. The van der Waals surface area contributed by atoms with Crippen LogP contribution in [0.5, 0.6) is 0 Å². The van der Waals surface area contributed by atoms with E-state index in [2.05, 4.69) is 26.6 Å². The molecule has 1 aromatic rings. The second-order valence-corrected chi connectivity index (χ2v) is 5.94. The van der Waals surface area contributed by atoms with E-state index in [1.807, 2.05) is 24.3 Å². The molecule has 0 saturated heterocycles. The van der Waals surface area contributed by atoms with Crippen molar-refractivity contribution in [1.29, 1.82) is 0 Å². The molecule has 1 saturated carbocycles. The van der Waals surface area contributed by atoms with Gasteiger partial charge in [-0.1, -0.05) is 31.4 Å². The van der Waals surface area contributed by atoms with Gasteiger partial charge < -0.3 is 10.6 Å². The molecule has 0 spiro atoms. The Morgan fingerprint density at radius 3 is 2.55 bits per heavy atom. The molecule has 20 heavy (non-hydrogen) atoms. The van der Waals surface area contributed by atoms with E-state index < -0.39 is 0 Å². The summed E-state index contributed by atoms with van der Waals surface area (Å²) < 4.78 is 0.826. The molecule has 1 aliphatic carbocycles. The Balaban J connectivity index is 1.77. The van der Waals surface area contributed by atoms with Crippen molar-refractivity contribution in [2.24, 2.45) is 5.92 Å². The molecule has 108 valence electrons. The van der Waals surface area contributed by atoms with Crippen molar-refractivity contribution in [3.63, 3.8) is 0 Å². The summed E-state index contributed by atoms with van der Waals surface area (Å²) >= 11 is 3.37. The number of carbonyl (C=O) groups is 2. The number of hydrogen-bond donors (Lipinski definition) is 2. The molecule has 1 fully saturated rings. The molecule has 2 N–H and O–H groups in total. The average Bonchev–Trinajstić information content (AvgIpc) is 2.48. The van der Waals surface area contributed by atoms with Crippen LogP contribution in [0.25, 0.3) is 0 Å². The van der Waals surface area contributed by atoms with Gasteiger partial charge in [-0.15, -0.1) is 0 Å². The maximum absolute atomic E-state index is 11.9. The monoisotopic (exact) mass is 338 g/mol. The summed E-state index contributed by atoms with van der Waals surface area (Å²) in [6.45, 7) is 0.0245. The number of carbonyl (C=O) groups excluding carboxylic acids is 2. The van der Waals surface area contributed by atoms with Gasteiger partial charge >= 0.3 is 0 Å². The Morgan fingerprint density at radius 2 is 1.85 bits per heavy atom. The highest BCUT2D eigenvalue weighted by molar-refractivity contribution is 9.10. The van der Waals surface area contributed by atoms with Crippen LogP contribution < -0.4 is 10.6 Å². The molecule has 0 aliphatic heterocycles. The van der Waals surface area contributed by atoms with E-state index in [0.29, 0.717) is 5.69 Å². The van der Waals surface area contributed by atoms with E-state index in [-0.39, 0.29) is 24.3 Å². The lowest BCUT2D eigenvalue weighted by Crippen LogP contribution is -2.37. The fourth-order valence-electron chi connectivity index (χ4n) is 2.43. The number of hydrogen-bond acceptors (Lipinski definition) is 2. The van der Waals surface area contributed by atoms with Gasteiger partial charge in [-0.05, 0) is 40.9 Å². The van der Waals surface area contributed by atoms with Gasteiger partial charge in [-0.25, -0.2) is 0 Å². The van der Waals surface area contributed by atoms with Gasteiger partial charge in [-0.3, -0.25) is 9.59 Å². The summed E-state index contributed by atoms with van der Waals surface area (Å²) in [7, 11) is 0. The lowest BCUT2D eigenvalue weighted by Gasteiger charge is -2.20. The third-order valence-electron chi connectivity index (χ3n) is 3.55. The Kier molecular flexibility index (Phi) is 5.59. The number of halogens is 1. The van der Waals surface area contributed by atoms with Crippen molar-refractivity contribution in [2.45, 2.75) is 32.1 Å². The average molecular weight is 339 g/mol. The number of para-hydroxylation sites is 1. The van der Waals surface area contributed by atoms with Gasteiger partial charge in [-0.2, -0.15) is 0 Å². The molecule has 2 amide bonds. The van der Waals surface area contributed by atoms with Crippen molar-refractivity contribution in [3.8, 4) is 0 Å². The topological polar surface area (TPSA) is 58.2 Å². The quantitative estimate of drug-likeness (QED) is 0.886. The van der Waals surface area contributed by atoms with Crippen LogP contribution >= 0.6 is 15.9 Å². The first-order valence-electron chi connectivity index (χ1n) is 6.99. The molecule has 2 rings (SSSR count). The highest BCUT2D eigenvalue weighted by atomic mass is 79.9. The van der Waals surface area contributed by atoms with Crippen LogP contribution in [0.4, 0.5) is 5.69 Å². The molecule has 0 heterocycles. The van der Waals surface area contributed by atoms with Gasteiger partial charge in [0.2, 0.25) is 11.8 Å². The second kappa shape index (κ2) is 7.43. The minimum absolute atomic E-state index is 0.00646. The number of benzene rings is 1. The summed E-state index contributed by atoms with van der Waals surface area (Å²) in [5.41, 5.74) is 0.712. The molecule has 0 atom stereocenters. The molecule has 1 aromatic carbocycles. The van der Waals surface area contributed by atoms with E-state index in [1.54, 1.807) is 0 Å². The molecular weight excluding hydrogens is 320 g/mol. The van der Waals surface area contributed by atoms with Crippen LogP contribution in [0.15, 0.2) is 28.7 Å². The first kappa shape index (κ1) is 15.0. The zero-order chi connectivity index (χ0) is 14.4. The van der Waals surface area contributed by atoms with Crippen molar-refractivity contribution in [3.05, 3.63) is 28.7 Å². The van der Waals surface area contributed by atoms with Gasteiger partial charge in [0.05, 0.1) is 12.2 Å². The maximum atomic E-state index is 11.9. The Morgan fingerprint density at radius 1 is 1.15 bits per heavy atom. The fourth-order valence-corrected chi connectivity index (χ4v) is 2.82. The second-order valence-electron chi connectivity index (χ2n) is 5.08. The number of rotatable bonds is 4. The molecule has 5 heteroatoms. The number of anilines is 1. The van der Waals surface area contributed by atoms with Crippen LogP contribution in [-0.4, -0.2) is 18.4 Å². The minimum atomic E-state index is -0.207. The van der Waals surface area contributed by atoms with Crippen LogP contribution in [0.2, 0.25) is 0 Å². The summed E-state index contributed by atoms with van der Waals surface area (Å²) in [6.07, 6.45) is 5.32. The van der Waals surface area contributed by atoms with E-state index >= 15 is 0 Å². The fraction of sp³-hybridized carbons (Fsp3) is 0.467. The largest absolute Gasteiger partial charge is 0.347 e. The van der Waals surface area contributed by atoms with Gasteiger partial charge in [0.25, 0.3) is 0 Å².